The van der Waals surface area contributed by atoms with E-state index in [1.807, 2.05) is 0 Å². The van der Waals surface area contributed by atoms with Crippen molar-refractivity contribution in [3.63, 3.8) is 0 Å². The van der Waals surface area contributed by atoms with E-state index >= 15 is 0 Å². The van der Waals surface area contributed by atoms with E-state index in [4.69, 9.17) is 11.6 Å². The van der Waals surface area contributed by atoms with Crippen LogP contribution in [0.15, 0.2) is 28.1 Å². The highest BCUT2D eigenvalue weighted by atomic mass is 35.5. The third-order valence-corrected chi connectivity index (χ3v) is 2.27. The first-order valence-electron chi connectivity index (χ1n) is 4.59. The molecule has 2 aromatic heterocycles. The zero-order valence-electron chi connectivity index (χ0n) is 8.49. The van der Waals surface area contributed by atoms with E-state index in [1.54, 1.807) is 19.1 Å². The van der Waals surface area contributed by atoms with Gasteiger partial charge in [0.1, 0.15) is 0 Å². The highest BCUT2D eigenvalue weighted by Crippen LogP contribution is 2.11. The number of rotatable bonds is 2. The van der Waals surface area contributed by atoms with Gasteiger partial charge >= 0.3 is 0 Å². The zero-order valence-corrected chi connectivity index (χ0v) is 9.25. The molecular formula is C10H9ClN4O. The van der Waals surface area contributed by atoms with E-state index in [2.05, 4.69) is 20.2 Å². The number of aliphatic imine (C=N–C) groups is 1. The molecule has 0 saturated heterocycles. The molecule has 0 aromatic carbocycles. The Morgan fingerprint density at radius 2 is 2.25 bits per heavy atom. The second kappa shape index (κ2) is 4.32. The number of pyridine rings is 1. The highest BCUT2D eigenvalue weighted by Gasteiger charge is 2.01. The monoisotopic (exact) mass is 236 g/mol. The molecule has 0 aliphatic carbocycles. The molecule has 16 heavy (non-hydrogen) atoms. The molecule has 0 aliphatic rings. The number of aromatic nitrogens is 3. The molecular weight excluding hydrogens is 228 g/mol. The van der Waals surface area contributed by atoms with E-state index < -0.39 is 0 Å². The Hall–Kier alpha value is -1.88. The number of hydrogen-bond donors (Lipinski definition) is 2. The number of aryl methyl sites for hydroxylation is 1. The van der Waals surface area contributed by atoms with Crippen LogP contribution in [0.25, 0.3) is 0 Å². The number of aromatic amines is 2. The van der Waals surface area contributed by atoms with Gasteiger partial charge < -0.3 is 5.10 Å². The molecule has 0 aliphatic heterocycles. The Balaban J connectivity index is 2.28. The van der Waals surface area contributed by atoms with Gasteiger partial charge in [0.25, 0.3) is 5.56 Å². The summed E-state index contributed by atoms with van der Waals surface area (Å²) in [5, 5.41) is 5.73. The van der Waals surface area contributed by atoms with E-state index in [9.17, 15) is 4.79 Å². The summed E-state index contributed by atoms with van der Waals surface area (Å²) in [5.41, 5.74) is 1.04. The quantitative estimate of drug-likeness (QED) is 0.781. The molecule has 0 radical (unpaired) electrons. The van der Waals surface area contributed by atoms with Crippen LogP contribution in [-0.2, 0) is 0 Å². The minimum atomic E-state index is -0.199. The number of halogens is 1. The summed E-state index contributed by atoms with van der Waals surface area (Å²) in [6.07, 6.45) is 2.98. The molecule has 2 aromatic rings. The fourth-order valence-electron chi connectivity index (χ4n) is 1.19. The molecule has 2 heterocycles. The highest BCUT2D eigenvalue weighted by molar-refractivity contribution is 6.30. The van der Waals surface area contributed by atoms with Crippen LogP contribution in [0.3, 0.4) is 0 Å². The van der Waals surface area contributed by atoms with Crippen molar-refractivity contribution in [2.24, 2.45) is 4.99 Å². The van der Waals surface area contributed by atoms with Crippen molar-refractivity contribution in [1.82, 2.24) is 15.2 Å². The minimum absolute atomic E-state index is 0.199. The molecule has 0 amide bonds. The molecule has 82 valence electrons. The maximum atomic E-state index is 11.3. The van der Waals surface area contributed by atoms with Crippen molar-refractivity contribution < 1.29 is 0 Å². The van der Waals surface area contributed by atoms with Gasteiger partial charge in [0.2, 0.25) is 0 Å². The van der Waals surface area contributed by atoms with Crippen LogP contribution >= 0.6 is 11.6 Å². The second-order valence-electron chi connectivity index (χ2n) is 3.21. The van der Waals surface area contributed by atoms with Crippen LogP contribution in [0.5, 0.6) is 0 Å². The molecule has 0 bridgehead atoms. The minimum Gasteiger partial charge on any atom is -0.302 e. The molecule has 0 atom stereocenters. The smallest absolute Gasteiger partial charge is 0.272 e. The zero-order chi connectivity index (χ0) is 11.5. The van der Waals surface area contributed by atoms with Crippen LogP contribution in [0.4, 0.5) is 5.82 Å². The fourth-order valence-corrected chi connectivity index (χ4v) is 1.30. The van der Waals surface area contributed by atoms with Crippen molar-refractivity contribution in [1.29, 1.82) is 0 Å². The lowest BCUT2D eigenvalue weighted by atomic mass is 10.3. The van der Waals surface area contributed by atoms with Crippen molar-refractivity contribution >= 4 is 23.6 Å². The molecule has 2 N–H and O–H groups in total. The Morgan fingerprint density at radius 3 is 2.81 bits per heavy atom. The Kier molecular flexibility index (Phi) is 2.87. The summed E-state index contributed by atoms with van der Waals surface area (Å²) in [4.78, 5) is 19.4. The predicted molar refractivity (Wildman–Crippen MR) is 62.7 cm³/mol. The maximum absolute atomic E-state index is 11.3. The van der Waals surface area contributed by atoms with Gasteiger partial charge in [-0.2, -0.15) is 0 Å². The first-order chi connectivity index (χ1) is 7.66. The van der Waals surface area contributed by atoms with Crippen LogP contribution < -0.4 is 5.56 Å². The third-order valence-electron chi connectivity index (χ3n) is 2.05. The first-order valence-corrected chi connectivity index (χ1v) is 4.97. The van der Waals surface area contributed by atoms with E-state index in [0.717, 1.165) is 5.69 Å². The van der Waals surface area contributed by atoms with Crippen molar-refractivity contribution in [3.05, 3.63) is 45.0 Å². The van der Waals surface area contributed by atoms with Gasteiger partial charge in [0.05, 0.1) is 10.6 Å². The fraction of sp³-hybridized carbons (Fsp3) is 0.100. The summed E-state index contributed by atoms with van der Waals surface area (Å²) in [6, 6.07) is 3.37. The van der Waals surface area contributed by atoms with Crippen LogP contribution in [-0.4, -0.2) is 21.4 Å². The van der Waals surface area contributed by atoms with Crippen molar-refractivity contribution in [2.75, 3.05) is 0 Å². The largest absolute Gasteiger partial charge is 0.302 e. The lowest BCUT2D eigenvalue weighted by Gasteiger charge is -1.92. The van der Waals surface area contributed by atoms with Crippen LogP contribution in [0, 0.1) is 6.92 Å². The van der Waals surface area contributed by atoms with Gasteiger partial charge in [-0.1, -0.05) is 11.6 Å². The summed E-state index contributed by atoms with van der Waals surface area (Å²) in [7, 11) is 0. The molecule has 0 unspecified atom stereocenters. The van der Waals surface area contributed by atoms with Crippen LogP contribution in [0.1, 0.15) is 11.3 Å². The molecule has 0 saturated carbocycles. The normalized spacial score (nSPS) is 11.1. The average molecular weight is 237 g/mol. The van der Waals surface area contributed by atoms with Crippen molar-refractivity contribution in [2.45, 2.75) is 6.92 Å². The summed E-state index contributed by atoms with van der Waals surface area (Å²) in [6.45, 7) is 1.79. The summed E-state index contributed by atoms with van der Waals surface area (Å²) < 4.78 is 0. The van der Waals surface area contributed by atoms with E-state index in [1.165, 1.54) is 12.4 Å². The Labute approximate surface area is 96.2 Å². The van der Waals surface area contributed by atoms with Crippen molar-refractivity contribution in [3.8, 4) is 0 Å². The Morgan fingerprint density at radius 1 is 1.44 bits per heavy atom. The first kappa shape index (κ1) is 10.6. The molecule has 6 heteroatoms. The van der Waals surface area contributed by atoms with Gasteiger partial charge in [-0.3, -0.25) is 9.89 Å². The Bertz CT molecular complexity index is 567. The summed E-state index contributed by atoms with van der Waals surface area (Å²) in [5.74, 6) is 0.504. The lowest BCUT2D eigenvalue weighted by Crippen LogP contribution is -2.04. The number of nitrogens with zero attached hydrogens (tertiary/aromatic N) is 2. The molecule has 2 rings (SSSR count). The third kappa shape index (κ3) is 2.20. The average Bonchev–Trinajstić information content (AvgIpc) is 2.59. The molecule has 5 nitrogen and oxygen atoms in total. The predicted octanol–water partition coefficient (Wildman–Crippen LogP) is 1.81. The van der Waals surface area contributed by atoms with Gasteiger partial charge in [-0.15, -0.1) is 0 Å². The topological polar surface area (TPSA) is 73.9 Å². The van der Waals surface area contributed by atoms with E-state index in [0.29, 0.717) is 16.4 Å². The summed E-state index contributed by atoms with van der Waals surface area (Å²) >= 11 is 5.69. The maximum Gasteiger partial charge on any atom is 0.272 e. The molecule has 0 fully saturated rings. The van der Waals surface area contributed by atoms with E-state index in [-0.39, 0.29) is 5.56 Å². The number of nitrogens with one attached hydrogen (secondary N) is 2. The van der Waals surface area contributed by atoms with Gasteiger partial charge in [0, 0.05) is 18.1 Å². The SMILES string of the molecule is Cc1[nH][nH]c(=O)c1C=Nc1ccc(Cl)cn1. The lowest BCUT2D eigenvalue weighted by molar-refractivity contribution is 1.02. The number of H-pyrrole nitrogens is 2. The molecule has 0 spiro atoms. The van der Waals surface area contributed by atoms with Gasteiger partial charge in [0.15, 0.2) is 5.82 Å². The standard InChI is InChI=1S/C10H9ClN4O/c1-6-8(10(16)15-14-6)5-13-9-3-2-7(11)4-12-9/h2-5H,1H3,(H2,14,15,16). The number of hydrogen-bond acceptors (Lipinski definition) is 3. The second-order valence-corrected chi connectivity index (χ2v) is 3.65. The van der Waals surface area contributed by atoms with Gasteiger partial charge in [-0.05, 0) is 19.1 Å². The van der Waals surface area contributed by atoms with Crippen LogP contribution in [0.2, 0.25) is 5.02 Å². The van der Waals surface area contributed by atoms with Gasteiger partial charge in [-0.25, -0.2) is 9.98 Å².